The van der Waals surface area contributed by atoms with Gasteiger partial charge in [-0.3, -0.25) is 14.9 Å². The second-order valence-electron chi connectivity index (χ2n) is 5.02. The first-order valence-corrected chi connectivity index (χ1v) is 6.01. The van der Waals surface area contributed by atoms with E-state index in [0.29, 0.717) is 25.3 Å². The van der Waals surface area contributed by atoms with Gasteiger partial charge in [0.1, 0.15) is 12.0 Å². The van der Waals surface area contributed by atoms with Crippen molar-refractivity contribution in [3.8, 4) is 0 Å². The van der Waals surface area contributed by atoms with Crippen LogP contribution in [0.1, 0.15) is 19.8 Å². The summed E-state index contributed by atoms with van der Waals surface area (Å²) < 4.78 is 0. The molecule has 7 heteroatoms. The summed E-state index contributed by atoms with van der Waals surface area (Å²) in [5.41, 5.74) is -0.858. The molecule has 0 saturated carbocycles. The Labute approximate surface area is 110 Å². The van der Waals surface area contributed by atoms with Crippen molar-refractivity contribution in [2.24, 2.45) is 5.41 Å². The minimum absolute atomic E-state index is 0.0678. The lowest BCUT2D eigenvalue weighted by Gasteiger charge is -2.38. The van der Waals surface area contributed by atoms with Crippen molar-refractivity contribution in [3.63, 3.8) is 0 Å². The van der Waals surface area contributed by atoms with Gasteiger partial charge in [0.25, 0.3) is 5.69 Å². The number of carbonyl (C=O) groups is 1. The van der Waals surface area contributed by atoms with Crippen LogP contribution in [0.2, 0.25) is 0 Å². The van der Waals surface area contributed by atoms with Gasteiger partial charge in [-0.1, -0.05) is 0 Å². The van der Waals surface area contributed by atoms with Crippen LogP contribution in [0, 0.1) is 15.5 Å². The van der Waals surface area contributed by atoms with Crippen LogP contribution in [0.25, 0.3) is 0 Å². The number of piperidine rings is 1. The van der Waals surface area contributed by atoms with Crippen molar-refractivity contribution >= 4 is 17.5 Å². The molecular formula is C12H15N3O4. The molecule has 1 aromatic heterocycles. The third kappa shape index (κ3) is 2.64. The minimum Gasteiger partial charge on any atom is -0.481 e. The zero-order valence-corrected chi connectivity index (χ0v) is 10.6. The lowest BCUT2D eigenvalue weighted by molar-refractivity contribution is -0.385. The first-order chi connectivity index (χ1) is 8.92. The van der Waals surface area contributed by atoms with Crippen LogP contribution in [0.4, 0.5) is 11.5 Å². The lowest BCUT2D eigenvalue weighted by Crippen LogP contribution is -2.46. The van der Waals surface area contributed by atoms with Crippen molar-refractivity contribution in [2.75, 3.05) is 18.0 Å². The summed E-state index contributed by atoms with van der Waals surface area (Å²) in [5.74, 6) is -0.239. The van der Waals surface area contributed by atoms with Crippen molar-refractivity contribution in [2.45, 2.75) is 19.8 Å². The van der Waals surface area contributed by atoms with E-state index in [0.717, 1.165) is 6.42 Å². The Balaban J connectivity index is 2.17. The monoisotopic (exact) mass is 265 g/mol. The molecule has 1 aliphatic heterocycles. The molecule has 102 valence electrons. The highest BCUT2D eigenvalue weighted by molar-refractivity contribution is 5.75. The number of hydrogen-bond acceptors (Lipinski definition) is 5. The molecule has 1 fully saturated rings. The molecule has 1 saturated heterocycles. The molecule has 0 amide bonds. The summed E-state index contributed by atoms with van der Waals surface area (Å²) in [4.78, 5) is 27.2. The van der Waals surface area contributed by atoms with Gasteiger partial charge < -0.3 is 10.0 Å². The van der Waals surface area contributed by atoms with Gasteiger partial charge in [0, 0.05) is 19.2 Å². The molecule has 7 nitrogen and oxygen atoms in total. The van der Waals surface area contributed by atoms with Gasteiger partial charge in [0.05, 0.1) is 10.3 Å². The third-order valence-electron chi connectivity index (χ3n) is 3.48. The molecule has 1 N–H and O–H groups in total. The molecule has 2 rings (SSSR count). The molecule has 1 unspecified atom stereocenters. The van der Waals surface area contributed by atoms with E-state index in [9.17, 15) is 20.0 Å². The SMILES string of the molecule is CC1(C(=O)O)CCCN(c2ccc([N+](=O)[O-])cn2)C1. The Morgan fingerprint density at radius 1 is 1.58 bits per heavy atom. The first kappa shape index (κ1) is 13.3. The number of aliphatic carboxylic acids is 1. The summed E-state index contributed by atoms with van der Waals surface area (Å²) >= 11 is 0. The number of pyridine rings is 1. The maximum Gasteiger partial charge on any atom is 0.311 e. The molecule has 0 spiro atoms. The van der Waals surface area contributed by atoms with Crippen LogP contribution in [0.5, 0.6) is 0 Å². The number of anilines is 1. The fourth-order valence-corrected chi connectivity index (χ4v) is 2.28. The topological polar surface area (TPSA) is 96.6 Å². The number of nitrogens with zero attached hydrogens (tertiary/aromatic N) is 3. The van der Waals surface area contributed by atoms with E-state index in [4.69, 9.17) is 0 Å². The highest BCUT2D eigenvalue weighted by Gasteiger charge is 2.38. The largest absolute Gasteiger partial charge is 0.481 e. The van der Waals surface area contributed by atoms with E-state index >= 15 is 0 Å². The molecule has 1 aromatic rings. The molecule has 1 aliphatic rings. The van der Waals surface area contributed by atoms with Crippen molar-refractivity contribution in [3.05, 3.63) is 28.4 Å². The lowest BCUT2D eigenvalue weighted by atomic mass is 9.82. The summed E-state index contributed by atoms with van der Waals surface area (Å²) in [6, 6.07) is 2.95. The molecule has 0 aromatic carbocycles. The summed E-state index contributed by atoms with van der Waals surface area (Å²) in [6.45, 7) is 2.80. The van der Waals surface area contributed by atoms with Crippen LogP contribution in [-0.4, -0.2) is 34.1 Å². The highest BCUT2D eigenvalue weighted by atomic mass is 16.6. The third-order valence-corrected chi connectivity index (χ3v) is 3.48. The Kier molecular flexibility index (Phi) is 3.37. The molecule has 2 heterocycles. The van der Waals surface area contributed by atoms with Gasteiger partial charge in [0.2, 0.25) is 0 Å². The Bertz CT molecular complexity index is 502. The van der Waals surface area contributed by atoms with E-state index in [2.05, 4.69) is 4.98 Å². The van der Waals surface area contributed by atoms with Crippen LogP contribution in [-0.2, 0) is 4.79 Å². The second kappa shape index (κ2) is 4.83. The molecule has 1 atom stereocenters. The molecular weight excluding hydrogens is 250 g/mol. The zero-order chi connectivity index (χ0) is 14.0. The van der Waals surface area contributed by atoms with Gasteiger partial charge in [-0.25, -0.2) is 4.98 Å². The number of carboxylic acid groups (broad SMARTS) is 1. The quantitative estimate of drug-likeness (QED) is 0.659. The standard InChI is InChI=1S/C12H15N3O4/c1-12(11(16)17)5-2-6-14(8-12)10-4-3-9(7-13-10)15(18)19/h3-4,7H,2,5-6,8H2,1H3,(H,16,17). The van der Waals surface area contributed by atoms with E-state index < -0.39 is 16.3 Å². The first-order valence-electron chi connectivity index (χ1n) is 6.01. The molecule has 0 bridgehead atoms. The van der Waals surface area contributed by atoms with E-state index in [1.807, 2.05) is 4.90 Å². The average Bonchev–Trinajstić information content (AvgIpc) is 2.39. The second-order valence-corrected chi connectivity index (χ2v) is 5.02. The smallest absolute Gasteiger partial charge is 0.311 e. The zero-order valence-electron chi connectivity index (χ0n) is 10.6. The number of rotatable bonds is 3. The average molecular weight is 265 g/mol. The predicted octanol–water partition coefficient (Wildman–Crippen LogP) is 1.68. The Hall–Kier alpha value is -2.18. The van der Waals surface area contributed by atoms with E-state index in [1.54, 1.807) is 13.0 Å². The van der Waals surface area contributed by atoms with Gasteiger partial charge in [-0.15, -0.1) is 0 Å². The van der Waals surface area contributed by atoms with Gasteiger partial charge in [-0.05, 0) is 25.8 Å². The fourth-order valence-electron chi connectivity index (χ4n) is 2.28. The predicted molar refractivity (Wildman–Crippen MR) is 68.1 cm³/mol. The van der Waals surface area contributed by atoms with Crippen LogP contribution in [0.3, 0.4) is 0 Å². The molecule has 0 aliphatic carbocycles. The van der Waals surface area contributed by atoms with Crippen molar-refractivity contribution in [1.29, 1.82) is 0 Å². The Morgan fingerprint density at radius 3 is 2.84 bits per heavy atom. The van der Waals surface area contributed by atoms with Crippen LogP contribution < -0.4 is 4.90 Å². The van der Waals surface area contributed by atoms with E-state index in [-0.39, 0.29) is 5.69 Å². The maximum absolute atomic E-state index is 11.3. The summed E-state index contributed by atoms with van der Waals surface area (Å²) in [5, 5.41) is 19.8. The normalized spacial score (nSPS) is 23.1. The van der Waals surface area contributed by atoms with Crippen LogP contribution in [0.15, 0.2) is 18.3 Å². The molecule has 0 radical (unpaired) electrons. The van der Waals surface area contributed by atoms with Crippen molar-refractivity contribution < 1.29 is 14.8 Å². The number of aromatic nitrogens is 1. The minimum atomic E-state index is -0.820. The molecule has 19 heavy (non-hydrogen) atoms. The Morgan fingerprint density at radius 2 is 2.32 bits per heavy atom. The maximum atomic E-state index is 11.3. The van der Waals surface area contributed by atoms with Crippen molar-refractivity contribution in [1.82, 2.24) is 4.98 Å². The van der Waals surface area contributed by atoms with Gasteiger partial charge in [0.15, 0.2) is 0 Å². The van der Waals surface area contributed by atoms with Gasteiger partial charge in [-0.2, -0.15) is 0 Å². The summed E-state index contributed by atoms with van der Waals surface area (Å²) in [7, 11) is 0. The van der Waals surface area contributed by atoms with E-state index in [1.165, 1.54) is 12.3 Å². The fraction of sp³-hybridized carbons (Fsp3) is 0.500. The number of nitro groups is 1. The highest BCUT2D eigenvalue weighted by Crippen LogP contribution is 2.32. The van der Waals surface area contributed by atoms with Gasteiger partial charge >= 0.3 is 5.97 Å². The van der Waals surface area contributed by atoms with Crippen LogP contribution >= 0.6 is 0 Å². The summed E-state index contributed by atoms with van der Waals surface area (Å²) in [6.07, 6.45) is 2.59. The number of hydrogen-bond donors (Lipinski definition) is 1. The number of carboxylic acids is 1.